The number of rotatable bonds is 2. The number of hydrogen-bond donors (Lipinski definition) is 1. The van der Waals surface area contributed by atoms with Gasteiger partial charge in [-0.3, -0.25) is 4.68 Å². The van der Waals surface area contributed by atoms with Crippen LogP contribution in [0.15, 0.2) is 6.20 Å². The minimum atomic E-state index is -0.711. The Morgan fingerprint density at radius 2 is 2.31 bits per heavy atom. The van der Waals surface area contributed by atoms with E-state index in [9.17, 15) is 5.11 Å². The van der Waals surface area contributed by atoms with Gasteiger partial charge in [-0.1, -0.05) is 5.21 Å². The minimum Gasteiger partial charge on any atom is -0.389 e. The fourth-order valence-corrected chi connectivity index (χ4v) is 2.41. The molecule has 1 fully saturated rings. The average Bonchev–Trinajstić information content (AvgIpc) is 2.47. The van der Waals surface area contributed by atoms with Gasteiger partial charge < -0.3 is 9.84 Å². The smallest absolute Gasteiger partial charge is 0.0855 e. The van der Waals surface area contributed by atoms with E-state index in [4.69, 9.17) is 4.74 Å². The van der Waals surface area contributed by atoms with Crippen LogP contribution in [0.5, 0.6) is 0 Å². The van der Waals surface area contributed by atoms with Crippen molar-refractivity contribution in [1.82, 2.24) is 15.0 Å². The van der Waals surface area contributed by atoms with Gasteiger partial charge in [-0.25, -0.2) is 0 Å². The Hall–Kier alpha value is -0.940. The molecule has 16 heavy (non-hydrogen) atoms. The molecule has 1 aromatic heterocycles. The van der Waals surface area contributed by atoms with Gasteiger partial charge in [0, 0.05) is 32.5 Å². The predicted octanol–water partition coefficient (Wildman–Crippen LogP) is 0.678. The highest BCUT2D eigenvalue weighted by Gasteiger charge is 2.39. The second-order valence-corrected chi connectivity index (χ2v) is 5.32. The van der Waals surface area contributed by atoms with E-state index in [2.05, 4.69) is 10.3 Å². The number of ether oxygens (including phenoxy) is 1. The largest absolute Gasteiger partial charge is 0.389 e. The highest BCUT2D eigenvalue weighted by Crippen LogP contribution is 2.33. The molecule has 90 valence electrons. The molecular formula is C11H19N3O2. The summed E-state index contributed by atoms with van der Waals surface area (Å²) >= 11 is 0. The molecule has 0 aliphatic carbocycles. The van der Waals surface area contributed by atoms with Gasteiger partial charge >= 0.3 is 0 Å². The van der Waals surface area contributed by atoms with Gasteiger partial charge in [0.25, 0.3) is 0 Å². The van der Waals surface area contributed by atoms with Gasteiger partial charge in [-0.15, -0.1) is 5.10 Å². The molecule has 0 radical (unpaired) electrons. The van der Waals surface area contributed by atoms with Gasteiger partial charge in [0.2, 0.25) is 0 Å². The second-order valence-electron chi connectivity index (χ2n) is 5.32. The number of aryl methyl sites for hydroxylation is 1. The van der Waals surface area contributed by atoms with Crippen molar-refractivity contribution in [2.24, 2.45) is 7.05 Å². The van der Waals surface area contributed by atoms with Crippen LogP contribution in [-0.2, 0) is 18.2 Å². The van der Waals surface area contributed by atoms with E-state index >= 15 is 0 Å². The second kappa shape index (κ2) is 3.82. The molecule has 1 aromatic rings. The molecule has 1 unspecified atom stereocenters. The van der Waals surface area contributed by atoms with E-state index < -0.39 is 5.60 Å². The summed E-state index contributed by atoms with van der Waals surface area (Å²) in [5.74, 6) is 0. The van der Waals surface area contributed by atoms with Crippen molar-refractivity contribution in [2.45, 2.75) is 44.3 Å². The minimum absolute atomic E-state index is 0.255. The van der Waals surface area contributed by atoms with Crippen molar-refractivity contribution in [3.63, 3.8) is 0 Å². The number of aliphatic hydroxyl groups is 1. The molecule has 0 aromatic carbocycles. The third-order valence-corrected chi connectivity index (χ3v) is 2.98. The van der Waals surface area contributed by atoms with Crippen LogP contribution in [0.3, 0.4) is 0 Å². The van der Waals surface area contributed by atoms with E-state index in [-0.39, 0.29) is 5.60 Å². The molecule has 0 saturated carbocycles. The lowest BCUT2D eigenvalue weighted by Crippen LogP contribution is -2.47. The summed E-state index contributed by atoms with van der Waals surface area (Å²) in [5.41, 5.74) is -0.129. The molecule has 1 atom stereocenters. The van der Waals surface area contributed by atoms with Crippen LogP contribution in [0.4, 0.5) is 0 Å². The van der Waals surface area contributed by atoms with Gasteiger partial charge in [0.05, 0.1) is 23.5 Å². The fraction of sp³-hybridized carbons (Fsp3) is 0.818. The van der Waals surface area contributed by atoms with E-state index in [1.54, 1.807) is 4.68 Å². The highest BCUT2D eigenvalue weighted by molar-refractivity contribution is 5.02. The van der Waals surface area contributed by atoms with Crippen LogP contribution < -0.4 is 0 Å². The van der Waals surface area contributed by atoms with Gasteiger partial charge in [0.1, 0.15) is 0 Å². The zero-order chi connectivity index (χ0) is 11.8. The molecule has 1 aliphatic heterocycles. The summed E-state index contributed by atoms with van der Waals surface area (Å²) in [5, 5.41) is 18.4. The first-order valence-corrected chi connectivity index (χ1v) is 5.60. The first kappa shape index (κ1) is 11.5. The average molecular weight is 225 g/mol. The Bertz CT molecular complexity index is 375. The number of nitrogens with zero attached hydrogens (tertiary/aromatic N) is 3. The summed E-state index contributed by atoms with van der Waals surface area (Å²) < 4.78 is 7.26. The molecule has 0 spiro atoms. The number of aromatic nitrogens is 3. The lowest BCUT2D eigenvalue weighted by atomic mass is 9.81. The van der Waals surface area contributed by atoms with Crippen LogP contribution in [-0.4, -0.2) is 37.9 Å². The molecule has 5 heteroatoms. The summed E-state index contributed by atoms with van der Waals surface area (Å²) in [6, 6.07) is 0. The van der Waals surface area contributed by atoms with Gasteiger partial charge in [-0.05, 0) is 13.8 Å². The molecule has 5 nitrogen and oxygen atoms in total. The molecule has 1 aliphatic rings. The van der Waals surface area contributed by atoms with Crippen molar-refractivity contribution < 1.29 is 9.84 Å². The van der Waals surface area contributed by atoms with Crippen molar-refractivity contribution in [2.75, 3.05) is 6.61 Å². The maximum Gasteiger partial charge on any atom is 0.0855 e. The molecule has 1 N–H and O–H groups in total. The van der Waals surface area contributed by atoms with E-state index in [1.165, 1.54) is 0 Å². The van der Waals surface area contributed by atoms with Crippen molar-refractivity contribution >= 4 is 0 Å². The lowest BCUT2D eigenvalue weighted by molar-refractivity contribution is -0.143. The lowest BCUT2D eigenvalue weighted by Gasteiger charge is -2.41. The van der Waals surface area contributed by atoms with Crippen molar-refractivity contribution in [1.29, 1.82) is 0 Å². The maximum atomic E-state index is 10.5. The standard InChI is InChI=1S/C11H19N3O2/c1-10(2)8-11(15,4-5-16-10)6-9-7-14(3)13-12-9/h7,15H,4-6,8H2,1-3H3. The molecule has 0 amide bonds. The zero-order valence-electron chi connectivity index (χ0n) is 10.1. The van der Waals surface area contributed by atoms with Crippen LogP contribution in [0, 0.1) is 0 Å². The molecule has 1 saturated heterocycles. The highest BCUT2D eigenvalue weighted by atomic mass is 16.5. The van der Waals surface area contributed by atoms with Crippen molar-refractivity contribution in [3.8, 4) is 0 Å². The fourth-order valence-electron chi connectivity index (χ4n) is 2.41. The first-order chi connectivity index (χ1) is 7.39. The summed E-state index contributed by atoms with van der Waals surface area (Å²) in [6.07, 6.45) is 3.69. The first-order valence-electron chi connectivity index (χ1n) is 5.60. The van der Waals surface area contributed by atoms with Gasteiger partial charge in [-0.2, -0.15) is 0 Å². The normalized spacial score (nSPS) is 29.2. The van der Waals surface area contributed by atoms with Crippen LogP contribution >= 0.6 is 0 Å². The molecule has 0 bridgehead atoms. The Morgan fingerprint density at radius 3 is 2.88 bits per heavy atom. The molecular weight excluding hydrogens is 206 g/mol. The Morgan fingerprint density at radius 1 is 1.56 bits per heavy atom. The Kier molecular flexibility index (Phi) is 2.75. The SMILES string of the molecule is Cn1cc(CC2(O)CCOC(C)(C)C2)nn1. The topological polar surface area (TPSA) is 60.2 Å². The zero-order valence-corrected chi connectivity index (χ0v) is 10.1. The quantitative estimate of drug-likeness (QED) is 0.804. The third-order valence-electron chi connectivity index (χ3n) is 2.98. The molecule has 2 rings (SSSR count). The van der Waals surface area contributed by atoms with Gasteiger partial charge in [0.15, 0.2) is 0 Å². The summed E-state index contributed by atoms with van der Waals surface area (Å²) in [4.78, 5) is 0. The van der Waals surface area contributed by atoms with Crippen LogP contribution in [0.2, 0.25) is 0 Å². The number of hydrogen-bond acceptors (Lipinski definition) is 4. The van der Waals surface area contributed by atoms with Crippen LogP contribution in [0.1, 0.15) is 32.4 Å². The third kappa shape index (κ3) is 2.59. The molecule has 2 heterocycles. The Balaban J connectivity index is 2.07. The monoisotopic (exact) mass is 225 g/mol. The van der Waals surface area contributed by atoms with E-state index in [1.807, 2.05) is 27.1 Å². The Labute approximate surface area is 95.4 Å². The van der Waals surface area contributed by atoms with E-state index in [0.717, 1.165) is 5.69 Å². The van der Waals surface area contributed by atoms with Crippen molar-refractivity contribution in [3.05, 3.63) is 11.9 Å². The summed E-state index contributed by atoms with van der Waals surface area (Å²) in [6.45, 7) is 4.62. The van der Waals surface area contributed by atoms with Crippen LogP contribution in [0.25, 0.3) is 0 Å². The maximum absolute atomic E-state index is 10.5. The van der Waals surface area contributed by atoms with E-state index in [0.29, 0.717) is 25.9 Å². The predicted molar refractivity (Wildman–Crippen MR) is 58.9 cm³/mol. The summed E-state index contributed by atoms with van der Waals surface area (Å²) in [7, 11) is 1.83.